The molecule has 4 nitrogen and oxygen atoms in total. The summed E-state index contributed by atoms with van der Waals surface area (Å²) in [4.78, 5) is 3.72. The molecule has 19 heavy (non-hydrogen) atoms. The third-order valence-corrected chi connectivity index (χ3v) is 2.55. The Morgan fingerprint density at radius 3 is 2.58 bits per heavy atom. The molecule has 0 saturated heterocycles. The second-order valence-corrected chi connectivity index (χ2v) is 4.09. The van der Waals surface area contributed by atoms with E-state index < -0.39 is 11.7 Å². The third kappa shape index (κ3) is 3.70. The number of nitrogens with one attached hydrogen (secondary N) is 1. The minimum atomic E-state index is -4.35. The summed E-state index contributed by atoms with van der Waals surface area (Å²) >= 11 is 0. The molecule has 0 saturated carbocycles. The fourth-order valence-electron chi connectivity index (χ4n) is 1.58. The predicted molar refractivity (Wildman–Crippen MR) is 64.6 cm³/mol. The van der Waals surface area contributed by atoms with E-state index in [0.717, 1.165) is 18.0 Å². The van der Waals surface area contributed by atoms with Crippen molar-refractivity contribution in [2.75, 3.05) is 11.9 Å². The summed E-state index contributed by atoms with van der Waals surface area (Å²) in [5, 5.41) is 7.15. The lowest BCUT2D eigenvalue weighted by Crippen LogP contribution is -2.09. The van der Waals surface area contributed by atoms with Crippen molar-refractivity contribution < 1.29 is 13.2 Å². The lowest BCUT2D eigenvalue weighted by Gasteiger charge is -2.08. The van der Waals surface area contributed by atoms with Crippen LogP contribution in [0.1, 0.15) is 11.3 Å². The first kappa shape index (κ1) is 13.4. The molecule has 0 atom stereocenters. The molecule has 1 N–H and O–H groups in total. The highest BCUT2D eigenvalue weighted by Gasteiger charge is 2.30. The van der Waals surface area contributed by atoms with Crippen molar-refractivity contribution in [2.45, 2.75) is 12.6 Å². The lowest BCUT2D eigenvalue weighted by molar-refractivity contribution is -0.137. The van der Waals surface area contributed by atoms with Crippen LogP contribution >= 0.6 is 0 Å². The van der Waals surface area contributed by atoms with Gasteiger partial charge >= 0.3 is 6.18 Å². The van der Waals surface area contributed by atoms with Gasteiger partial charge in [0.1, 0.15) is 5.82 Å². The van der Waals surface area contributed by atoms with Gasteiger partial charge in [0.05, 0.1) is 11.3 Å². The van der Waals surface area contributed by atoms with E-state index in [1.165, 1.54) is 6.07 Å². The molecule has 0 aromatic carbocycles. The van der Waals surface area contributed by atoms with Crippen LogP contribution < -0.4 is 5.32 Å². The molecule has 2 aromatic heterocycles. The zero-order valence-electron chi connectivity index (χ0n) is 10.3. The van der Waals surface area contributed by atoms with Crippen LogP contribution in [0, 0.1) is 0 Å². The summed E-state index contributed by atoms with van der Waals surface area (Å²) in [6.45, 7) is 0.565. The van der Waals surface area contributed by atoms with E-state index >= 15 is 0 Å². The maximum Gasteiger partial charge on any atom is 0.417 e. The quantitative estimate of drug-likeness (QED) is 0.928. The molecule has 102 valence electrons. The van der Waals surface area contributed by atoms with Gasteiger partial charge in [-0.05, 0) is 18.2 Å². The number of nitrogens with zero attached hydrogens (tertiary/aromatic N) is 3. The van der Waals surface area contributed by atoms with Crippen molar-refractivity contribution >= 4 is 5.82 Å². The summed E-state index contributed by atoms with van der Waals surface area (Å²) < 4.78 is 38.7. The van der Waals surface area contributed by atoms with Crippen molar-refractivity contribution in [1.29, 1.82) is 0 Å². The fourth-order valence-corrected chi connectivity index (χ4v) is 1.58. The summed E-state index contributed by atoms with van der Waals surface area (Å²) in [6, 6.07) is 4.22. The molecular weight excluding hydrogens is 257 g/mol. The first-order valence-electron chi connectivity index (χ1n) is 5.71. The molecule has 0 aliphatic rings. The van der Waals surface area contributed by atoms with E-state index in [1.54, 1.807) is 4.68 Å². The number of aromatic nitrogens is 3. The summed E-state index contributed by atoms with van der Waals surface area (Å²) in [7, 11) is 1.83. The van der Waals surface area contributed by atoms with E-state index in [9.17, 15) is 13.2 Å². The van der Waals surface area contributed by atoms with Gasteiger partial charge in [-0.1, -0.05) is 0 Å². The normalized spacial score (nSPS) is 11.6. The first-order valence-corrected chi connectivity index (χ1v) is 5.71. The summed E-state index contributed by atoms with van der Waals surface area (Å²) in [6.07, 6.45) is -1.00. The van der Waals surface area contributed by atoms with Crippen molar-refractivity contribution in [3.8, 4) is 0 Å². The highest BCUT2D eigenvalue weighted by molar-refractivity contribution is 5.36. The van der Waals surface area contributed by atoms with E-state index in [4.69, 9.17) is 0 Å². The Hall–Kier alpha value is -2.05. The smallest absolute Gasteiger partial charge is 0.370 e. The highest BCUT2D eigenvalue weighted by Crippen LogP contribution is 2.28. The topological polar surface area (TPSA) is 42.7 Å². The van der Waals surface area contributed by atoms with Gasteiger partial charge in [-0.15, -0.1) is 0 Å². The largest absolute Gasteiger partial charge is 0.417 e. The SMILES string of the molecule is Cn1ccc(CCNc2ccc(C(F)(F)F)cn2)n1. The van der Waals surface area contributed by atoms with Crippen LogP contribution in [-0.4, -0.2) is 21.3 Å². The molecule has 2 aromatic rings. The Labute approximate surface area is 108 Å². The molecule has 0 fully saturated rings. The Morgan fingerprint density at radius 1 is 1.26 bits per heavy atom. The summed E-state index contributed by atoms with van der Waals surface area (Å²) in [5.41, 5.74) is 0.171. The van der Waals surface area contributed by atoms with Gasteiger partial charge in [-0.25, -0.2) is 4.98 Å². The minimum Gasteiger partial charge on any atom is -0.370 e. The average molecular weight is 270 g/mol. The van der Waals surface area contributed by atoms with Gasteiger partial charge in [-0.3, -0.25) is 4.68 Å². The molecular formula is C12H13F3N4. The van der Waals surface area contributed by atoms with Crippen LogP contribution in [0.2, 0.25) is 0 Å². The molecule has 0 radical (unpaired) electrons. The minimum absolute atomic E-state index is 0.420. The Kier molecular flexibility index (Phi) is 3.73. The molecule has 0 amide bonds. The van der Waals surface area contributed by atoms with Crippen molar-refractivity contribution in [3.63, 3.8) is 0 Å². The van der Waals surface area contributed by atoms with Crippen LogP contribution in [0.25, 0.3) is 0 Å². The second kappa shape index (κ2) is 5.29. The van der Waals surface area contributed by atoms with E-state index in [2.05, 4.69) is 15.4 Å². The zero-order chi connectivity index (χ0) is 13.9. The molecule has 0 aliphatic carbocycles. The predicted octanol–water partition coefficient (Wildman–Crippen LogP) is 2.49. The monoisotopic (exact) mass is 270 g/mol. The number of rotatable bonds is 4. The molecule has 0 bridgehead atoms. The molecule has 7 heteroatoms. The Bertz CT molecular complexity index is 531. The standard InChI is InChI=1S/C12H13F3N4/c1-19-7-5-10(18-19)4-6-16-11-3-2-9(8-17-11)12(13,14)15/h2-3,5,7-8H,4,6H2,1H3,(H,16,17). The highest BCUT2D eigenvalue weighted by atomic mass is 19.4. The third-order valence-electron chi connectivity index (χ3n) is 2.55. The number of hydrogen-bond donors (Lipinski definition) is 1. The molecule has 2 rings (SSSR count). The van der Waals surface area contributed by atoms with Crippen LogP contribution in [0.5, 0.6) is 0 Å². The van der Waals surface area contributed by atoms with Crippen molar-refractivity contribution in [1.82, 2.24) is 14.8 Å². The van der Waals surface area contributed by atoms with Gasteiger partial charge in [0, 0.05) is 32.4 Å². The van der Waals surface area contributed by atoms with Crippen molar-refractivity contribution in [3.05, 3.63) is 41.9 Å². The molecule has 2 heterocycles. The van der Waals surface area contributed by atoms with Gasteiger partial charge in [0.15, 0.2) is 0 Å². The van der Waals surface area contributed by atoms with E-state index in [1.807, 2.05) is 19.3 Å². The Balaban J connectivity index is 1.86. The number of pyridine rings is 1. The number of anilines is 1. The number of alkyl halides is 3. The van der Waals surface area contributed by atoms with Crippen LogP contribution in [0.15, 0.2) is 30.6 Å². The van der Waals surface area contributed by atoms with Gasteiger partial charge in [0.25, 0.3) is 0 Å². The summed E-state index contributed by atoms with van der Waals surface area (Å²) in [5.74, 6) is 0.420. The lowest BCUT2D eigenvalue weighted by atomic mass is 10.2. The molecule has 0 unspecified atom stereocenters. The maximum absolute atomic E-state index is 12.3. The molecule has 0 aliphatic heterocycles. The second-order valence-electron chi connectivity index (χ2n) is 4.09. The van der Waals surface area contributed by atoms with Crippen LogP contribution in [-0.2, 0) is 19.6 Å². The maximum atomic E-state index is 12.3. The van der Waals surface area contributed by atoms with Gasteiger partial charge < -0.3 is 5.32 Å². The number of halogens is 3. The first-order chi connectivity index (χ1) is 8.95. The average Bonchev–Trinajstić information content (AvgIpc) is 2.75. The van der Waals surface area contributed by atoms with E-state index in [-0.39, 0.29) is 0 Å². The zero-order valence-corrected chi connectivity index (χ0v) is 10.3. The van der Waals surface area contributed by atoms with Gasteiger partial charge in [-0.2, -0.15) is 18.3 Å². The van der Waals surface area contributed by atoms with Crippen LogP contribution in [0.4, 0.5) is 19.0 Å². The number of aryl methyl sites for hydroxylation is 1. The van der Waals surface area contributed by atoms with Gasteiger partial charge in [0.2, 0.25) is 0 Å². The van der Waals surface area contributed by atoms with Crippen LogP contribution in [0.3, 0.4) is 0 Å². The number of hydrogen-bond acceptors (Lipinski definition) is 3. The molecule has 0 spiro atoms. The fraction of sp³-hybridized carbons (Fsp3) is 0.333. The Morgan fingerprint density at radius 2 is 2.05 bits per heavy atom. The van der Waals surface area contributed by atoms with E-state index in [0.29, 0.717) is 18.8 Å². The van der Waals surface area contributed by atoms with Crippen molar-refractivity contribution in [2.24, 2.45) is 7.05 Å².